The summed E-state index contributed by atoms with van der Waals surface area (Å²) in [4.78, 5) is 11.0. The van der Waals surface area contributed by atoms with Crippen molar-refractivity contribution in [2.24, 2.45) is 0 Å². The van der Waals surface area contributed by atoms with E-state index in [0.29, 0.717) is 6.04 Å². The quantitative estimate of drug-likeness (QED) is 0.885. The first-order chi connectivity index (χ1) is 10.1. The number of nitrogens with one attached hydrogen (secondary N) is 1. The van der Waals surface area contributed by atoms with Crippen LogP contribution in [0.5, 0.6) is 0 Å². The van der Waals surface area contributed by atoms with Crippen LogP contribution in [-0.2, 0) is 13.1 Å². The first-order valence-electron chi connectivity index (χ1n) is 7.36. The molecule has 1 N–H and O–H groups in total. The SMILES string of the molecule is Cc1ccccc1CN(C)c1ncc(CNC(C)C)cn1. The molecule has 0 fully saturated rings. The van der Waals surface area contributed by atoms with E-state index in [1.54, 1.807) is 0 Å². The summed E-state index contributed by atoms with van der Waals surface area (Å²) < 4.78 is 0. The fourth-order valence-corrected chi connectivity index (χ4v) is 2.07. The zero-order valence-electron chi connectivity index (χ0n) is 13.3. The maximum atomic E-state index is 4.46. The van der Waals surface area contributed by atoms with Crippen molar-refractivity contribution in [3.8, 4) is 0 Å². The van der Waals surface area contributed by atoms with Crippen LogP contribution in [0.3, 0.4) is 0 Å². The average molecular weight is 284 g/mol. The zero-order chi connectivity index (χ0) is 15.2. The fraction of sp³-hybridized carbons (Fsp3) is 0.412. The third-order valence-corrected chi connectivity index (χ3v) is 3.42. The van der Waals surface area contributed by atoms with E-state index in [1.807, 2.05) is 19.4 Å². The second-order valence-electron chi connectivity index (χ2n) is 5.71. The molecule has 1 heterocycles. The predicted molar refractivity (Wildman–Crippen MR) is 87.3 cm³/mol. The molecule has 0 unspecified atom stereocenters. The Morgan fingerprint density at radius 3 is 2.43 bits per heavy atom. The van der Waals surface area contributed by atoms with Crippen LogP contribution in [0.2, 0.25) is 0 Å². The standard InChI is InChI=1S/C17H24N4/c1-13(2)18-9-15-10-19-17(20-11-15)21(4)12-16-8-6-5-7-14(16)3/h5-8,10-11,13,18H,9,12H2,1-4H3. The smallest absolute Gasteiger partial charge is 0.225 e. The number of aryl methyl sites for hydroxylation is 1. The first kappa shape index (κ1) is 15.4. The van der Waals surface area contributed by atoms with Crippen molar-refractivity contribution in [2.45, 2.75) is 39.9 Å². The van der Waals surface area contributed by atoms with E-state index < -0.39 is 0 Å². The summed E-state index contributed by atoms with van der Waals surface area (Å²) >= 11 is 0. The molecule has 112 valence electrons. The summed E-state index contributed by atoms with van der Waals surface area (Å²) in [7, 11) is 2.02. The minimum Gasteiger partial charge on any atom is -0.340 e. The van der Waals surface area contributed by atoms with Crippen LogP contribution in [0.15, 0.2) is 36.7 Å². The summed E-state index contributed by atoms with van der Waals surface area (Å²) in [6.45, 7) is 8.01. The van der Waals surface area contributed by atoms with Gasteiger partial charge in [-0.25, -0.2) is 9.97 Å². The van der Waals surface area contributed by atoms with Crippen LogP contribution in [-0.4, -0.2) is 23.1 Å². The van der Waals surface area contributed by atoms with Gasteiger partial charge in [0.05, 0.1) is 0 Å². The number of hydrogen-bond acceptors (Lipinski definition) is 4. The molecule has 0 bridgehead atoms. The third-order valence-electron chi connectivity index (χ3n) is 3.42. The van der Waals surface area contributed by atoms with Gasteiger partial charge in [0.15, 0.2) is 0 Å². The lowest BCUT2D eigenvalue weighted by atomic mass is 10.1. The number of benzene rings is 1. The molecule has 21 heavy (non-hydrogen) atoms. The fourth-order valence-electron chi connectivity index (χ4n) is 2.07. The number of anilines is 1. The van der Waals surface area contributed by atoms with Crippen molar-refractivity contribution in [3.05, 3.63) is 53.3 Å². The molecule has 4 nitrogen and oxygen atoms in total. The Bertz CT molecular complexity index is 563. The Balaban J connectivity index is 2.00. The highest BCUT2D eigenvalue weighted by molar-refractivity contribution is 5.34. The molecule has 4 heteroatoms. The van der Waals surface area contributed by atoms with E-state index in [1.165, 1.54) is 11.1 Å². The highest BCUT2D eigenvalue weighted by Crippen LogP contribution is 2.13. The summed E-state index contributed by atoms with van der Waals surface area (Å²) in [6.07, 6.45) is 3.79. The molecule has 0 aliphatic rings. The normalized spacial score (nSPS) is 10.9. The molecule has 0 aliphatic carbocycles. The molecule has 0 amide bonds. The summed E-state index contributed by atoms with van der Waals surface area (Å²) in [5.41, 5.74) is 3.70. The Hall–Kier alpha value is -1.94. The van der Waals surface area contributed by atoms with Gasteiger partial charge in [0.1, 0.15) is 0 Å². The largest absolute Gasteiger partial charge is 0.340 e. The Labute approximate surface area is 127 Å². The van der Waals surface area contributed by atoms with Gasteiger partial charge in [-0.1, -0.05) is 38.1 Å². The first-order valence-corrected chi connectivity index (χ1v) is 7.36. The molecule has 0 saturated heterocycles. The number of rotatable bonds is 6. The molecule has 0 atom stereocenters. The summed E-state index contributed by atoms with van der Waals surface area (Å²) in [6, 6.07) is 8.87. The molecule has 0 spiro atoms. The van der Waals surface area contributed by atoms with Crippen LogP contribution in [0.25, 0.3) is 0 Å². The molecule has 1 aromatic heterocycles. The number of nitrogens with zero attached hydrogens (tertiary/aromatic N) is 3. The van der Waals surface area contributed by atoms with Crippen molar-refractivity contribution in [1.29, 1.82) is 0 Å². The minimum absolute atomic E-state index is 0.466. The van der Waals surface area contributed by atoms with Crippen molar-refractivity contribution < 1.29 is 0 Å². The third kappa shape index (κ3) is 4.53. The van der Waals surface area contributed by atoms with Crippen molar-refractivity contribution in [2.75, 3.05) is 11.9 Å². The number of aromatic nitrogens is 2. The lowest BCUT2D eigenvalue weighted by Gasteiger charge is -2.18. The minimum atomic E-state index is 0.466. The zero-order valence-corrected chi connectivity index (χ0v) is 13.3. The predicted octanol–water partition coefficient (Wildman–Crippen LogP) is 2.92. The summed E-state index contributed by atoms with van der Waals surface area (Å²) in [5, 5.41) is 3.36. The van der Waals surface area contributed by atoms with Crippen molar-refractivity contribution in [3.63, 3.8) is 0 Å². The second-order valence-corrected chi connectivity index (χ2v) is 5.71. The van der Waals surface area contributed by atoms with E-state index in [4.69, 9.17) is 0 Å². The van der Waals surface area contributed by atoms with E-state index >= 15 is 0 Å². The van der Waals surface area contributed by atoms with Gasteiger partial charge >= 0.3 is 0 Å². The van der Waals surface area contributed by atoms with Crippen LogP contribution in [0.4, 0.5) is 5.95 Å². The Kier molecular flexibility index (Phi) is 5.28. The highest BCUT2D eigenvalue weighted by atomic mass is 15.2. The van der Waals surface area contributed by atoms with Gasteiger partial charge in [0.25, 0.3) is 0 Å². The van der Waals surface area contributed by atoms with Gasteiger partial charge in [0.2, 0.25) is 5.95 Å². The van der Waals surface area contributed by atoms with E-state index in [2.05, 4.69) is 65.2 Å². The molecular formula is C17H24N4. The Morgan fingerprint density at radius 2 is 1.81 bits per heavy atom. The second kappa shape index (κ2) is 7.18. The average Bonchev–Trinajstić information content (AvgIpc) is 2.48. The molecule has 0 saturated carbocycles. The monoisotopic (exact) mass is 284 g/mol. The van der Waals surface area contributed by atoms with Gasteiger partial charge in [-0.05, 0) is 18.1 Å². The lowest BCUT2D eigenvalue weighted by Crippen LogP contribution is -2.23. The highest BCUT2D eigenvalue weighted by Gasteiger charge is 2.07. The maximum Gasteiger partial charge on any atom is 0.225 e. The lowest BCUT2D eigenvalue weighted by molar-refractivity contribution is 0.586. The van der Waals surface area contributed by atoms with Gasteiger partial charge < -0.3 is 10.2 Å². The van der Waals surface area contributed by atoms with Crippen molar-refractivity contribution >= 4 is 5.95 Å². The van der Waals surface area contributed by atoms with E-state index in [-0.39, 0.29) is 0 Å². The van der Waals surface area contributed by atoms with Crippen molar-refractivity contribution in [1.82, 2.24) is 15.3 Å². The van der Waals surface area contributed by atoms with E-state index in [9.17, 15) is 0 Å². The molecular weight excluding hydrogens is 260 g/mol. The van der Waals surface area contributed by atoms with Gasteiger partial charge in [-0.2, -0.15) is 0 Å². The molecule has 2 aromatic rings. The maximum absolute atomic E-state index is 4.46. The van der Waals surface area contributed by atoms with Crippen LogP contribution >= 0.6 is 0 Å². The van der Waals surface area contributed by atoms with Gasteiger partial charge in [-0.3, -0.25) is 0 Å². The Morgan fingerprint density at radius 1 is 1.14 bits per heavy atom. The van der Waals surface area contributed by atoms with E-state index in [0.717, 1.165) is 24.6 Å². The topological polar surface area (TPSA) is 41.1 Å². The van der Waals surface area contributed by atoms with Crippen LogP contribution in [0.1, 0.15) is 30.5 Å². The van der Waals surface area contributed by atoms with Gasteiger partial charge in [-0.15, -0.1) is 0 Å². The van der Waals surface area contributed by atoms with Crippen LogP contribution in [0, 0.1) is 6.92 Å². The summed E-state index contributed by atoms with van der Waals surface area (Å²) in [5.74, 6) is 0.756. The van der Waals surface area contributed by atoms with Gasteiger partial charge in [0, 0.05) is 44.1 Å². The molecule has 1 aromatic carbocycles. The van der Waals surface area contributed by atoms with Crippen LogP contribution < -0.4 is 10.2 Å². The molecule has 2 rings (SSSR count). The number of hydrogen-bond donors (Lipinski definition) is 1. The molecule has 0 aliphatic heterocycles. The molecule has 0 radical (unpaired) electrons.